The van der Waals surface area contributed by atoms with Crippen LogP contribution < -0.4 is 0 Å². The Balaban J connectivity index is 1.86. The number of hydrogen-bond donors (Lipinski definition) is 0. The number of fused-ring (bicyclic) bond motifs is 3. The van der Waals surface area contributed by atoms with E-state index in [4.69, 9.17) is 0 Å². The van der Waals surface area contributed by atoms with Gasteiger partial charge in [0.05, 0.1) is 5.41 Å². The lowest BCUT2D eigenvalue weighted by molar-refractivity contribution is 0.589. The summed E-state index contributed by atoms with van der Waals surface area (Å²) in [6.07, 6.45) is 0. The van der Waals surface area contributed by atoms with Crippen LogP contribution in [0.3, 0.4) is 0 Å². The zero-order chi connectivity index (χ0) is 19.4. The summed E-state index contributed by atoms with van der Waals surface area (Å²) in [7, 11) is 0. The molecule has 5 rings (SSSR count). The second kappa shape index (κ2) is 6.18. The minimum absolute atomic E-state index is 0.153. The summed E-state index contributed by atoms with van der Waals surface area (Å²) in [6, 6.07) is 31.6. The second-order valence-electron chi connectivity index (χ2n) is 8.65. The van der Waals surface area contributed by atoms with E-state index in [1.54, 1.807) is 0 Å². The van der Waals surface area contributed by atoms with Crippen LogP contribution in [0.15, 0.2) is 90.3 Å². The first-order chi connectivity index (χ1) is 13.5. The van der Waals surface area contributed by atoms with E-state index < -0.39 is 0 Å². The number of rotatable bonds is 2. The van der Waals surface area contributed by atoms with Gasteiger partial charge in [0.1, 0.15) is 0 Å². The molecule has 3 aromatic carbocycles. The minimum atomic E-state index is -0.238. The number of benzene rings is 3. The standard InChI is InChI=1S/C27H24S/c1-26(2,3)19-14-16-20(17-15-19)27(25-13-8-18-28-25)23-11-6-4-9-21(23)22-10-5-7-12-24(22)27/h4-18H,1-3H3. The smallest absolute Gasteiger partial charge is 0.0806 e. The van der Waals surface area contributed by atoms with Crippen molar-refractivity contribution in [1.29, 1.82) is 0 Å². The third kappa shape index (κ3) is 2.36. The fourth-order valence-electron chi connectivity index (χ4n) is 4.67. The van der Waals surface area contributed by atoms with Gasteiger partial charge in [-0.15, -0.1) is 11.3 Å². The Kier molecular flexibility index (Phi) is 3.86. The van der Waals surface area contributed by atoms with Crippen molar-refractivity contribution in [3.05, 3.63) is 117 Å². The molecule has 0 saturated carbocycles. The quantitative estimate of drug-likeness (QED) is 0.299. The molecule has 138 valence electrons. The summed E-state index contributed by atoms with van der Waals surface area (Å²) in [6.45, 7) is 6.83. The first-order valence-corrected chi connectivity index (χ1v) is 10.8. The fraction of sp³-hybridized carbons (Fsp3) is 0.185. The normalized spacial score (nSPS) is 14.5. The van der Waals surface area contributed by atoms with Gasteiger partial charge in [-0.3, -0.25) is 0 Å². The molecule has 0 amide bonds. The summed E-state index contributed by atoms with van der Waals surface area (Å²) in [5, 5.41) is 2.20. The van der Waals surface area contributed by atoms with Crippen LogP contribution in [0, 0.1) is 0 Å². The van der Waals surface area contributed by atoms with Crippen LogP contribution in [0.25, 0.3) is 11.1 Å². The van der Waals surface area contributed by atoms with Crippen molar-refractivity contribution in [1.82, 2.24) is 0 Å². The van der Waals surface area contributed by atoms with Gasteiger partial charge >= 0.3 is 0 Å². The molecule has 0 saturated heterocycles. The predicted octanol–water partition coefficient (Wildman–Crippen LogP) is 7.41. The van der Waals surface area contributed by atoms with E-state index in [0.717, 1.165) is 0 Å². The van der Waals surface area contributed by atoms with Crippen molar-refractivity contribution in [3.63, 3.8) is 0 Å². The van der Waals surface area contributed by atoms with Gasteiger partial charge in [0, 0.05) is 4.88 Å². The van der Waals surface area contributed by atoms with Crippen LogP contribution in [0.2, 0.25) is 0 Å². The lowest BCUT2D eigenvalue weighted by Gasteiger charge is -2.33. The van der Waals surface area contributed by atoms with Crippen LogP contribution >= 0.6 is 11.3 Å². The number of thiophene rings is 1. The molecule has 0 aliphatic heterocycles. The maximum absolute atomic E-state index is 2.35. The van der Waals surface area contributed by atoms with Gasteiger partial charge in [-0.25, -0.2) is 0 Å². The predicted molar refractivity (Wildman–Crippen MR) is 120 cm³/mol. The molecule has 0 nitrogen and oxygen atoms in total. The molecule has 0 unspecified atom stereocenters. The van der Waals surface area contributed by atoms with Gasteiger partial charge in [0.15, 0.2) is 0 Å². The van der Waals surface area contributed by atoms with Crippen LogP contribution in [0.5, 0.6) is 0 Å². The molecule has 1 heteroatoms. The van der Waals surface area contributed by atoms with Crippen molar-refractivity contribution in [2.24, 2.45) is 0 Å². The summed E-state index contributed by atoms with van der Waals surface area (Å²) in [5.74, 6) is 0. The maximum atomic E-state index is 2.35. The molecule has 0 spiro atoms. The van der Waals surface area contributed by atoms with E-state index in [9.17, 15) is 0 Å². The highest BCUT2D eigenvalue weighted by Crippen LogP contribution is 2.56. The number of hydrogen-bond acceptors (Lipinski definition) is 1. The van der Waals surface area contributed by atoms with E-state index >= 15 is 0 Å². The third-order valence-electron chi connectivity index (χ3n) is 6.03. The van der Waals surface area contributed by atoms with E-state index in [1.165, 1.54) is 38.3 Å². The summed E-state index contributed by atoms with van der Waals surface area (Å²) in [5.41, 5.74) is 8.12. The highest BCUT2D eigenvalue weighted by molar-refractivity contribution is 7.10. The molecule has 0 radical (unpaired) electrons. The van der Waals surface area contributed by atoms with Gasteiger partial charge in [-0.1, -0.05) is 99.6 Å². The molecule has 1 aliphatic rings. The lowest BCUT2D eigenvalue weighted by atomic mass is 9.70. The van der Waals surface area contributed by atoms with E-state index in [1.807, 2.05) is 11.3 Å². The molecule has 0 atom stereocenters. The van der Waals surface area contributed by atoms with Crippen LogP contribution in [0.4, 0.5) is 0 Å². The molecule has 0 fully saturated rings. The SMILES string of the molecule is CC(C)(C)c1ccc(C2(c3cccs3)c3ccccc3-c3ccccc32)cc1. The molecule has 1 aromatic heterocycles. The summed E-state index contributed by atoms with van der Waals surface area (Å²) in [4.78, 5) is 1.38. The Morgan fingerprint density at radius 1 is 0.643 bits per heavy atom. The Morgan fingerprint density at radius 2 is 1.21 bits per heavy atom. The van der Waals surface area contributed by atoms with Crippen LogP contribution in [-0.2, 0) is 10.8 Å². The highest BCUT2D eigenvalue weighted by Gasteiger charge is 2.46. The Morgan fingerprint density at radius 3 is 1.71 bits per heavy atom. The van der Waals surface area contributed by atoms with Gasteiger partial charge in [0.2, 0.25) is 0 Å². The molecule has 0 N–H and O–H groups in total. The largest absolute Gasteiger partial charge is 0.147 e. The van der Waals surface area contributed by atoms with E-state index in [2.05, 4.69) is 111 Å². The van der Waals surface area contributed by atoms with Crippen molar-refractivity contribution in [2.75, 3.05) is 0 Å². The molecule has 4 aromatic rings. The second-order valence-corrected chi connectivity index (χ2v) is 9.59. The van der Waals surface area contributed by atoms with E-state index in [0.29, 0.717) is 0 Å². The Labute approximate surface area is 171 Å². The average Bonchev–Trinajstić information content (AvgIpc) is 3.33. The van der Waals surface area contributed by atoms with Crippen LogP contribution in [0.1, 0.15) is 47.9 Å². The lowest BCUT2D eigenvalue weighted by Crippen LogP contribution is -2.27. The summed E-state index contributed by atoms with van der Waals surface area (Å²) < 4.78 is 0. The molecule has 1 aliphatic carbocycles. The Hall–Kier alpha value is -2.64. The van der Waals surface area contributed by atoms with Gasteiger partial charge in [-0.05, 0) is 50.2 Å². The average molecular weight is 381 g/mol. The fourth-order valence-corrected chi connectivity index (χ4v) is 5.64. The summed E-state index contributed by atoms with van der Waals surface area (Å²) >= 11 is 1.85. The topological polar surface area (TPSA) is 0 Å². The molecule has 1 heterocycles. The first-order valence-electron chi connectivity index (χ1n) is 9.87. The molecular weight excluding hydrogens is 356 g/mol. The molecule has 28 heavy (non-hydrogen) atoms. The maximum Gasteiger partial charge on any atom is 0.0806 e. The van der Waals surface area contributed by atoms with Crippen molar-refractivity contribution >= 4 is 11.3 Å². The zero-order valence-corrected chi connectivity index (χ0v) is 17.4. The van der Waals surface area contributed by atoms with Crippen molar-refractivity contribution < 1.29 is 0 Å². The molecular formula is C27H24S. The first kappa shape index (κ1) is 17.5. The third-order valence-corrected chi connectivity index (χ3v) is 7.02. The van der Waals surface area contributed by atoms with Crippen molar-refractivity contribution in [3.8, 4) is 11.1 Å². The van der Waals surface area contributed by atoms with Gasteiger partial charge in [-0.2, -0.15) is 0 Å². The van der Waals surface area contributed by atoms with Crippen LogP contribution in [-0.4, -0.2) is 0 Å². The Bertz CT molecular complexity index is 1080. The van der Waals surface area contributed by atoms with E-state index in [-0.39, 0.29) is 10.8 Å². The van der Waals surface area contributed by atoms with Crippen molar-refractivity contribution in [2.45, 2.75) is 31.6 Å². The van der Waals surface area contributed by atoms with Gasteiger partial charge in [0.25, 0.3) is 0 Å². The zero-order valence-electron chi connectivity index (χ0n) is 16.6. The minimum Gasteiger partial charge on any atom is -0.147 e. The highest BCUT2D eigenvalue weighted by atomic mass is 32.1. The van der Waals surface area contributed by atoms with Gasteiger partial charge < -0.3 is 0 Å². The monoisotopic (exact) mass is 380 g/mol. The molecule has 0 bridgehead atoms.